The number of aromatic nitrogens is 1. The minimum atomic E-state index is -0.774. The van der Waals surface area contributed by atoms with Crippen molar-refractivity contribution in [3.8, 4) is 5.75 Å². The Hall–Kier alpha value is -3.38. The molecule has 1 saturated heterocycles. The number of nitrogens with one attached hydrogen (secondary N) is 1. The molecule has 3 heterocycles. The SMILES string of the molecule is COc1ccc(NC(=O)Cn2c3c(sc2=O)C(c2ccc(Br)cc2)C2C(=O)N(c4ccc(Cl)cc4)C(=O)C2S3)cc1. The van der Waals surface area contributed by atoms with Crippen LogP contribution in [0.15, 0.2) is 87.1 Å². The largest absolute Gasteiger partial charge is 0.497 e. The van der Waals surface area contributed by atoms with Gasteiger partial charge in [-0.25, -0.2) is 4.90 Å². The van der Waals surface area contributed by atoms with E-state index in [-0.39, 0.29) is 23.2 Å². The second kappa shape index (κ2) is 11.1. The Labute approximate surface area is 256 Å². The maximum Gasteiger partial charge on any atom is 0.308 e. The van der Waals surface area contributed by atoms with Crippen molar-refractivity contribution in [1.29, 1.82) is 0 Å². The summed E-state index contributed by atoms with van der Waals surface area (Å²) in [6, 6.07) is 20.9. The molecule has 208 valence electrons. The second-order valence-electron chi connectivity index (χ2n) is 9.48. The molecule has 3 unspecified atom stereocenters. The van der Waals surface area contributed by atoms with Gasteiger partial charge in [0.25, 0.3) is 0 Å². The number of methoxy groups -OCH3 is 1. The van der Waals surface area contributed by atoms with E-state index >= 15 is 0 Å². The van der Waals surface area contributed by atoms with Crippen molar-refractivity contribution in [2.24, 2.45) is 5.92 Å². The monoisotopic (exact) mass is 669 g/mol. The average Bonchev–Trinajstić information content (AvgIpc) is 3.40. The fraction of sp³-hybridized carbons (Fsp3) is 0.172. The number of benzene rings is 3. The summed E-state index contributed by atoms with van der Waals surface area (Å²) in [5.74, 6) is -1.71. The van der Waals surface area contributed by atoms with Gasteiger partial charge in [0.05, 0.1) is 23.7 Å². The molecule has 12 heteroatoms. The van der Waals surface area contributed by atoms with Gasteiger partial charge in [-0.15, -0.1) is 0 Å². The Morgan fingerprint density at radius 2 is 1.66 bits per heavy atom. The molecule has 0 aliphatic carbocycles. The molecule has 0 radical (unpaired) electrons. The Morgan fingerprint density at radius 3 is 2.32 bits per heavy atom. The number of halogens is 2. The van der Waals surface area contributed by atoms with Crippen LogP contribution in [0.25, 0.3) is 0 Å². The molecule has 3 atom stereocenters. The predicted molar refractivity (Wildman–Crippen MR) is 163 cm³/mol. The Morgan fingerprint density at radius 1 is 0.976 bits per heavy atom. The summed E-state index contributed by atoms with van der Waals surface area (Å²) >= 11 is 11.7. The van der Waals surface area contributed by atoms with Gasteiger partial charge in [0.1, 0.15) is 17.5 Å². The summed E-state index contributed by atoms with van der Waals surface area (Å²) in [5, 5.41) is 3.05. The number of fused-ring (bicyclic) bond motifs is 2. The molecule has 2 aliphatic heterocycles. The number of hydrogen-bond acceptors (Lipinski definition) is 7. The Bertz CT molecular complexity index is 1720. The first kappa shape index (κ1) is 27.8. The summed E-state index contributed by atoms with van der Waals surface area (Å²) in [4.78, 5) is 55.5. The lowest BCUT2D eigenvalue weighted by atomic mass is 9.83. The van der Waals surface area contributed by atoms with Crippen molar-refractivity contribution in [2.75, 3.05) is 17.3 Å². The van der Waals surface area contributed by atoms with Gasteiger partial charge in [0.15, 0.2) is 0 Å². The first-order chi connectivity index (χ1) is 19.7. The third kappa shape index (κ3) is 5.12. The highest BCUT2D eigenvalue weighted by Gasteiger charge is 2.56. The van der Waals surface area contributed by atoms with E-state index in [2.05, 4.69) is 21.2 Å². The molecule has 0 saturated carbocycles. The normalized spacial score (nSPS) is 19.6. The van der Waals surface area contributed by atoms with Gasteiger partial charge in [-0.1, -0.05) is 62.8 Å². The smallest absolute Gasteiger partial charge is 0.308 e. The molecular formula is C29H21BrClN3O5S2. The van der Waals surface area contributed by atoms with Crippen LogP contribution in [0.3, 0.4) is 0 Å². The van der Waals surface area contributed by atoms with Crippen LogP contribution >= 0.6 is 50.6 Å². The van der Waals surface area contributed by atoms with Crippen LogP contribution in [0, 0.1) is 5.92 Å². The fourth-order valence-electron chi connectivity index (χ4n) is 5.15. The zero-order chi connectivity index (χ0) is 28.8. The van der Waals surface area contributed by atoms with Gasteiger partial charge in [-0.2, -0.15) is 0 Å². The molecule has 3 aromatic carbocycles. The molecule has 8 nitrogen and oxygen atoms in total. The number of rotatable bonds is 6. The number of hydrogen-bond donors (Lipinski definition) is 1. The highest BCUT2D eigenvalue weighted by molar-refractivity contribution is 9.10. The van der Waals surface area contributed by atoms with Crippen molar-refractivity contribution in [3.63, 3.8) is 0 Å². The lowest BCUT2D eigenvalue weighted by molar-refractivity contribution is -0.122. The second-order valence-corrected chi connectivity index (χ2v) is 13.0. The maximum atomic E-state index is 13.9. The number of nitrogens with zero attached hydrogens (tertiary/aromatic N) is 2. The summed E-state index contributed by atoms with van der Waals surface area (Å²) in [7, 11) is 1.56. The fourth-order valence-corrected chi connectivity index (χ4v) is 8.31. The molecule has 0 bridgehead atoms. The number of anilines is 2. The molecular weight excluding hydrogens is 650 g/mol. The van der Waals surface area contributed by atoms with Crippen LogP contribution in [-0.2, 0) is 20.9 Å². The number of thioether (sulfide) groups is 1. The average molecular weight is 671 g/mol. The first-order valence-corrected chi connectivity index (χ1v) is 15.3. The summed E-state index contributed by atoms with van der Waals surface area (Å²) < 4.78 is 7.42. The van der Waals surface area contributed by atoms with Crippen LogP contribution in [0.4, 0.5) is 11.4 Å². The van der Waals surface area contributed by atoms with Crippen molar-refractivity contribution < 1.29 is 19.1 Å². The Balaban J connectivity index is 1.38. The van der Waals surface area contributed by atoms with Crippen LogP contribution in [0.1, 0.15) is 16.4 Å². The summed E-state index contributed by atoms with van der Waals surface area (Å²) in [6.45, 7) is -0.239. The van der Waals surface area contributed by atoms with Crippen molar-refractivity contribution >= 4 is 79.7 Å². The van der Waals surface area contributed by atoms with Gasteiger partial charge in [-0.05, 0) is 66.2 Å². The van der Waals surface area contributed by atoms with E-state index in [1.54, 1.807) is 55.6 Å². The molecule has 3 amide bonds. The van der Waals surface area contributed by atoms with E-state index < -0.39 is 23.0 Å². The van der Waals surface area contributed by atoms with Gasteiger partial charge >= 0.3 is 4.87 Å². The summed E-state index contributed by atoms with van der Waals surface area (Å²) in [6.07, 6.45) is 0. The van der Waals surface area contributed by atoms with E-state index in [0.29, 0.717) is 32.1 Å². The zero-order valence-electron chi connectivity index (χ0n) is 21.4. The molecule has 41 heavy (non-hydrogen) atoms. The molecule has 1 fully saturated rings. The number of carbonyl (C=O) groups excluding carboxylic acids is 3. The van der Waals surface area contributed by atoms with E-state index in [9.17, 15) is 19.2 Å². The molecule has 1 aromatic heterocycles. The van der Waals surface area contributed by atoms with Gasteiger partial charge in [0.2, 0.25) is 17.7 Å². The third-order valence-corrected chi connectivity index (χ3v) is 10.4. The minimum Gasteiger partial charge on any atom is -0.497 e. The highest BCUT2D eigenvalue weighted by atomic mass is 79.9. The molecule has 6 rings (SSSR count). The first-order valence-electron chi connectivity index (χ1n) is 12.5. The number of amides is 3. The maximum absolute atomic E-state index is 13.9. The van der Waals surface area contributed by atoms with E-state index in [0.717, 1.165) is 21.4 Å². The van der Waals surface area contributed by atoms with E-state index in [1.165, 1.54) is 21.2 Å². The quantitative estimate of drug-likeness (QED) is 0.262. The Kier molecular flexibility index (Phi) is 7.54. The van der Waals surface area contributed by atoms with Crippen molar-refractivity contribution in [2.45, 2.75) is 22.7 Å². The van der Waals surface area contributed by atoms with Crippen LogP contribution < -0.4 is 19.8 Å². The lowest BCUT2D eigenvalue weighted by Gasteiger charge is -2.30. The standard InChI is InChI=1S/C29H21BrClN3O5S2/c1-39-20-12-8-18(9-13-20)32-21(35)14-33-28-25(41-29(33)38)22(15-2-4-16(30)5-3-15)23-24(40-28)27(37)34(26(23)36)19-10-6-17(31)7-11-19/h2-13,22-24H,14H2,1H3,(H,32,35). The minimum absolute atomic E-state index is 0.239. The molecule has 0 spiro atoms. The van der Waals surface area contributed by atoms with Crippen LogP contribution in [-0.4, -0.2) is 34.6 Å². The number of ether oxygens (including phenoxy) is 1. The molecule has 2 aliphatic rings. The topological polar surface area (TPSA) is 97.7 Å². The molecule has 1 N–H and O–H groups in total. The van der Waals surface area contributed by atoms with Gasteiger partial charge in [0, 0.05) is 26.0 Å². The van der Waals surface area contributed by atoms with E-state index in [1.807, 2.05) is 24.3 Å². The van der Waals surface area contributed by atoms with Gasteiger partial charge < -0.3 is 10.1 Å². The molecule has 4 aromatic rings. The number of thiazole rings is 1. The van der Waals surface area contributed by atoms with Crippen LogP contribution in [0.2, 0.25) is 5.02 Å². The van der Waals surface area contributed by atoms with Crippen LogP contribution in [0.5, 0.6) is 5.75 Å². The number of imide groups is 1. The van der Waals surface area contributed by atoms with Crippen molar-refractivity contribution in [3.05, 3.63) is 102 Å². The predicted octanol–water partition coefficient (Wildman–Crippen LogP) is 5.77. The summed E-state index contributed by atoms with van der Waals surface area (Å²) in [5.41, 5.74) is 1.80. The third-order valence-electron chi connectivity index (χ3n) is 7.04. The number of carbonyl (C=O) groups is 3. The van der Waals surface area contributed by atoms with Gasteiger partial charge in [-0.3, -0.25) is 23.7 Å². The van der Waals surface area contributed by atoms with E-state index in [4.69, 9.17) is 16.3 Å². The lowest BCUT2D eigenvalue weighted by Crippen LogP contribution is -2.33. The van der Waals surface area contributed by atoms with Crippen molar-refractivity contribution in [1.82, 2.24) is 4.57 Å². The zero-order valence-corrected chi connectivity index (χ0v) is 25.4. The highest BCUT2D eigenvalue weighted by Crippen LogP contribution is 2.54.